The van der Waals surface area contributed by atoms with Crippen LogP contribution in [0.3, 0.4) is 0 Å². The molecule has 0 saturated heterocycles. The van der Waals surface area contributed by atoms with Crippen molar-refractivity contribution in [1.82, 2.24) is 5.32 Å². The summed E-state index contributed by atoms with van der Waals surface area (Å²) in [6, 6.07) is 7.02. The van der Waals surface area contributed by atoms with Gasteiger partial charge in [0.2, 0.25) is 15.9 Å². The fourth-order valence-corrected chi connectivity index (χ4v) is 4.01. The monoisotopic (exact) mass is 480 g/mol. The van der Waals surface area contributed by atoms with E-state index >= 15 is 0 Å². The van der Waals surface area contributed by atoms with Crippen LogP contribution in [0, 0.1) is 3.57 Å². The molecule has 0 radical (unpaired) electrons. The van der Waals surface area contributed by atoms with Gasteiger partial charge in [0.1, 0.15) is 6.54 Å². The lowest BCUT2D eigenvalue weighted by Crippen LogP contribution is -2.40. The molecule has 0 atom stereocenters. The lowest BCUT2D eigenvalue weighted by Gasteiger charge is -2.22. The number of ether oxygens (including phenoxy) is 1. The van der Waals surface area contributed by atoms with Crippen molar-refractivity contribution in [3.63, 3.8) is 0 Å². The SMILES string of the molecule is CS(=O)(=O)N(CC(=O)NCCCOC1CCCC1)c1ccc(I)cc1. The number of benzene rings is 1. The molecule has 0 unspecified atom stereocenters. The standard InChI is InChI=1S/C17H25IN2O4S/c1-25(22,23)20(15-9-7-14(18)8-10-15)13-17(21)19-11-4-12-24-16-5-2-3-6-16/h7-10,16H,2-6,11-13H2,1H3,(H,19,21). The zero-order chi connectivity index (χ0) is 18.3. The molecule has 1 aliphatic rings. The van der Waals surface area contributed by atoms with Crippen molar-refractivity contribution < 1.29 is 17.9 Å². The van der Waals surface area contributed by atoms with Gasteiger partial charge in [-0.3, -0.25) is 9.10 Å². The zero-order valence-electron chi connectivity index (χ0n) is 14.4. The molecule has 25 heavy (non-hydrogen) atoms. The minimum Gasteiger partial charge on any atom is -0.378 e. The molecule has 1 fully saturated rings. The number of sulfonamides is 1. The minimum absolute atomic E-state index is 0.219. The van der Waals surface area contributed by atoms with E-state index in [0.29, 0.717) is 24.9 Å². The number of hydrogen-bond donors (Lipinski definition) is 1. The first-order chi connectivity index (χ1) is 11.9. The van der Waals surface area contributed by atoms with Gasteiger partial charge < -0.3 is 10.1 Å². The molecule has 0 aromatic heterocycles. The lowest BCUT2D eigenvalue weighted by atomic mass is 10.3. The van der Waals surface area contributed by atoms with Crippen molar-refractivity contribution in [2.45, 2.75) is 38.2 Å². The normalized spacial score (nSPS) is 15.3. The highest BCUT2D eigenvalue weighted by atomic mass is 127. The van der Waals surface area contributed by atoms with Gasteiger partial charge in [-0.25, -0.2) is 8.42 Å². The molecule has 1 amide bonds. The number of anilines is 1. The second-order valence-electron chi connectivity index (χ2n) is 6.23. The summed E-state index contributed by atoms with van der Waals surface area (Å²) in [7, 11) is -3.53. The Bertz CT molecular complexity index is 658. The fraction of sp³-hybridized carbons (Fsp3) is 0.588. The Morgan fingerprint density at radius 2 is 1.92 bits per heavy atom. The van der Waals surface area contributed by atoms with Gasteiger partial charge in [-0.15, -0.1) is 0 Å². The molecular formula is C17H25IN2O4S. The predicted octanol–water partition coefficient (Wildman–Crippen LogP) is 2.52. The van der Waals surface area contributed by atoms with Crippen molar-refractivity contribution in [2.75, 3.05) is 30.3 Å². The maximum Gasteiger partial charge on any atom is 0.240 e. The van der Waals surface area contributed by atoms with Crippen molar-refractivity contribution >= 4 is 44.2 Å². The number of carbonyl (C=O) groups excluding carboxylic acids is 1. The second-order valence-corrected chi connectivity index (χ2v) is 9.38. The van der Waals surface area contributed by atoms with Crippen LogP contribution in [0.1, 0.15) is 32.1 Å². The first-order valence-corrected chi connectivity index (χ1v) is 11.4. The van der Waals surface area contributed by atoms with Crippen molar-refractivity contribution in [1.29, 1.82) is 0 Å². The quantitative estimate of drug-likeness (QED) is 0.436. The largest absolute Gasteiger partial charge is 0.378 e. The summed E-state index contributed by atoms with van der Waals surface area (Å²) in [5, 5.41) is 2.77. The van der Waals surface area contributed by atoms with Gasteiger partial charge in [-0.05, 0) is 66.1 Å². The Morgan fingerprint density at radius 1 is 1.28 bits per heavy atom. The maximum absolute atomic E-state index is 12.1. The topological polar surface area (TPSA) is 75.7 Å². The van der Waals surface area contributed by atoms with Gasteiger partial charge in [0, 0.05) is 16.7 Å². The molecule has 6 nitrogen and oxygen atoms in total. The van der Waals surface area contributed by atoms with Gasteiger partial charge in [0.15, 0.2) is 0 Å². The average Bonchev–Trinajstić information content (AvgIpc) is 3.06. The smallest absolute Gasteiger partial charge is 0.240 e. The van der Waals surface area contributed by atoms with E-state index in [2.05, 4.69) is 27.9 Å². The van der Waals surface area contributed by atoms with Crippen LogP contribution in [0.2, 0.25) is 0 Å². The number of carbonyl (C=O) groups is 1. The van der Waals surface area contributed by atoms with E-state index in [4.69, 9.17) is 4.74 Å². The first-order valence-electron chi connectivity index (χ1n) is 8.48. The third-order valence-corrected chi connectivity index (χ3v) is 5.96. The van der Waals surface area contributed by atoms with Crippen LogP contribution in [-0.2, 0) is 19.6 Å². The lowest BCUT2D eigenvalue weighted by molar-refractivity contribution is -0.119. The third kappa shape index (κ3) is 7.10. The summed E-state index contributed by atoms with van der Waals surface area (Å²) >= 11 is 2.15. The Morgan fingerprint density at radius 3 is 2.52 bits per heavy atom. The molecule has 140 valence electrons. The van der Waals surface area contributed by atoms with E-state index in [9.17, 15) is 13.2 Å². The molecule has 0 spiro atoms. The average molecular weight is 480 g/mol. The third-order valence-electron chi connectivity index (χ3n) is 4.10. The maximum atomic E-state index is 12.1. The number of amides is 1. The summed E-state index contributed by atoms with van der Waals surface area (Å²) in [4.78, 5) is 12.1. The van der Waals surface area contributed by atoms with E-state index in [1.54, 1.807) is 12.1 Å². The molecule has 1 aromatic rings. The Balaban J connectivity index is 1.78. The summed E-state index contributed by atoms with van der Waals surface area (Å²) in [5.41, 5.74) is 0.489. The number of nitrogens with one attached hydrogen (secondary N) is 1. The van der Waals surface area contributed by atoms with Crippen LogP contribution in [0.5, 0.6) is 0 Å². The van der Waals surface area contributed by atoms with E-state index in [1.165, 1.54) is 12.8 Å². The van der Waals surface area contributed by atoms with Gasteiger partial charge in [0.05, 0.1) is 18.0 Å². The van der Waals surface area contributed by atoms with Crippen LogP contribution < -0.4 is 9.62 Å². The summed E-state index contributed by atoms with van der Waals surface area (Å²) < 4.78 is 31.9. The molecule has 8 heteroatoms. The van der Waals surface area contributed by atoms with Crippen LogP contribution >= 0.6 is 22.6 Å². The van der Waals surface area contributed by atoms with Gasteiger partial charge in [-0.1, -0.05) is 12.8 Å². The van der Waals surface area contributed by atoms with E-state index in [1.807, 2.05) is 12.1 Å². The van der Waals surface area contributed by atoms with Crippen molar-refractivity contribution in [3.8, 4) is 0 Å². The van der Waals surface area contributed by atoms with E-state index in [0.717, 1.165) is 33.4 Å². The number of halogens is 1. The van der Waals surface area contributed by atoms with Crippen molar-refractivity contribution in [3.05, 3.63) is 27.8 Å². The molecular weight excluding hydrogens is 455 g/mol. The first kappa shape index (κ1) is 20.4. The summed E-state index contributed by atoms with van der Waals surface area (Å²) in [6.07, 6.45) is 6.94. The molecule has 1 aromatic carbocycles. The Hall–Kier alpha value is -0.870. The van der Waals surface area contributed by atoms with Crippen LogP contribution in [0.25, 0.3) is 0 Å². The van der Waals surface area contributed by atoms with Crippen LogP contribution in [-0.4, -0.2) is 46.4 Å². The molecule has 0 heterocycles. The van der Waals surface area contributed by atoms with Crippen LogP contribution in [0.15, 0.2) is 24.3 Å². The number of nitrogens with zero attached hydrogens (tertiary/aromatic N) is 1. The predicted molar refractivity (Wildman–Crippen MR) is 107 cm³/mol. The van der Waals surface area contributed by atoms with Gasteiger partial charge >= 0.3 is 0 Å². The van der Waals surface area contributed by atoms with E-state index in [-0.39, 0.29) is 12.5 Å². The van der Waals surface area contributed by atoms with Gasteiger partial charge in [-0.2, -0.15) is 0 Å². The number of rotatable bonds is 9. The molecule has 2 rings (SSSR count). The molecule has 0 aliphatic heterocycles. The Labute approximate surface area is 163 Å². The van der Waals surface area contributed by atoms with Crippen LogP contribution in [0.4, 0.5) is 5.69 Å². The highest BCUT2D eigenvalue weighted by molar-refractivity contribution is 14.1. The Kier molecular flexibility index (Phi) is 7.95. The van der Waals surface area contributed by atoms with E-state index < -0.39 is 10.0 Å². The summed E-state index contributed by atoms with van der Waals surface area (Å²) in [6.45, 7) is 0.886. The van der Waals surface area contributed by atoms with Crippen molar-refractivity contribution in [2.24, 2.45) is 0 Å². The number of hydrogen-bond acceptors (Lipinski definition) is 4. The highest BCUT2D eigenvalue weighted by Gasteiger charge is 2.20. The molecule has 0 bridgehead atoms. The van der Waals surface area contributed by atoms with Gasteiger partial charge in [0.25, 0.3) is 0 Å². The second kappa shape index (κ2) is 9.72. The summed E-state index contributed by atoms with van der Waals surface area (Å²) in [5.74, 6) is -0.315. The molecule has 1 saturated carbocycles. The minimum atomic E-state index is -3.53. The fourth-order valence-electron chi connectivity index (χ4n) is 2.80. The highest BCUT2D eigenvalue weighted by Crippen LogP contribution is 2.21. The zero-order valence-corrected chi connectivity index (χ0v) is 17.4. The molecule has 1 N–H and O–H groups in total. The molecule has 1 aliphatic carbocycles.